The molecule has 1 aliphatic heterocycles. The van der Waals surface area contributed by atoms with Gasteiger partial charge in [-0.25, -0.2) is 9.97 Å². The fourth-order valence-corrected chi connectivity index (χ4v) is 3.91. The summed E-state index contributed by atoms with van der Waals surface area (Å²) >= 11 is 0. The number of aliphatic hydroxyl groups is 1. The lowest BCUT2D eigenvalue weighted by Gasteiger charge is -2.39. The summed E-state index contributed by atoms with van der Waals surface area (Å²) < 4.78 is 10.8. The Hall–Kier alpha value is -3.19. The second-order valence-electron chi connectivity index (χ2n) is 7.73. The van der Waals surface area contributed by atoms with Crippen molar-refractivity contribution in [2.24, 2.45) is 0 Å². The monoisotopic (exact) mass is 420 g/mol. The van der Waals surface area contributed by atoms with Gasteiger partial charge in [-0.1, -0.05) is 13.0 Å². The van der Waals surface area contributed by atoms with Crippen LogP contribution in [0.4, 0.5) is 5.82 Å². The van der Waals surface area contributed by atoms with Gasteiger partial charge in [0, 0.05) is 37.1 Å². The van der Waals surface area contributed by atoms with Crippen molar-refractivity contribution in [2.45, 2.75) is 31.8 Å². The Balaban J connectivity index is 1.58. The lowest BCUT2D eigenvalue weighted by atomic mass is 9.84. The van der Waals surface area contributed by atoms with Crippen molar-refractivity contribution in [1.82, 2.24) is 15.0 Å². The molecule has 0 radical (unpaired) electrons. The van der Waals surface area contributed by atoms with Gasteiger partial charge in [-0.15, -0.1) is 0 Å². The second-order valence-corrected chi connectivity index (χ2v) is 7.73. The molecule has 0 atom stereocenters. The van der Waals surface area contributed by atoms with Gasteiger partial charge in [0.25, 0.3) is 0 Å². The molecule has 1 aliphatic rings. The molecule has 162 valence electrons. The third kappa shape index (κ3) is 4.46. The predicted octanol–water partition coefficient (Wildman–Crippen LogP) is 3.61. The Bertz CT molecular complexity index is 1010. The van der Waals surface area contributed by atoms with E-state index in [0.717, 1.165) is 29.2 Å². The molecule has 0 bridgehead atoms. The van der Waals surface area contributed by atoms with E-state index in [1.165, 1.54) is 0 Å². The van der Waals surface area contributed by atoms with Crippen molar-refractivity contribution in [3.8, 4) is 23.0 Å². The number of aromatic nitrogens is 3. The van der Waals surface area contributed by atoms with E-state index >= 15 is 0 Å². The highest BCUT2D eigenvalue weighted by molar-refractivity contribution is 5.54. The molecule has 31 heavy (non-hydrogen) atoms. The van der Waals surface area contributed by atoms with E-state index in [-0.39, 0.29) is 0 Å². The van der Waals surface area contributed by atoms with Gasteiger partial charge >= 0.3 is 0 Å². The molecular weight excluding hydrogens is 392 g/mol. The minimum Gasteiger partial charge on any atom is -0.497 e. The SMILES string of the molecule is CCc1cc(N2CCC(O)(c3cc(OC)cc(OC)c3)CC2)nc(-c2ccccn2)n1. The van der Waals surface area contributed by atoms with Gasteiger partial charge < -0.3 is 19.5 Å². The van der Waals surface area contributed by atoms with Crippen LogP contribution in [0.25, 0.3) is 11.5 Å². The molecule has 1 N–H and O–H groups in total. The van der Waals surface area contributed by atoms with Crippen LogP contribution in [-0.4, -0.2) is 47.4 Å². The minimum atomic E-state index is -0.942. The van der Waals surface area contributed by atoms with E-state index < -0.39 is 5.60 Å². The lowest BCUT2D eigenvalue weighted by Crippen LogP contribution is -2.43. The van der Waals surface area contributed by atoms with Crippen LogP contribution < -0.4 is 14.4 Å². The summed E-state index contributed by atoms with van der Waals surface area (Å²) in [6, 6.07) is 13.4. The van der Waals surface area contributed by atoms with Crippen LogP contribution in [0, 0.1) is 0 Å². The molecule has 0 aliphatic carbocycles. The average Bonchev–Trinajstić information content (AvgIpc) is 2.84. The molecule has 0 saturated carbocycles. The molecule has 3 aromatic rings. The van der Waals surface area contributed by atoms with Crippen molar-refractivity contribution in [3.05, 3.63) is 59.9 Å². The Morgan fingerprint density at radius 3 is 2.29 bits per heavy atom. The fraction of sp³-hybridized carbons (Fsp3) is 0.375. The van der Waals surface area contributed by atoms with Crippen LogP contribution in [0.2, 0.25) is 0 Å². The van der Waals surface area contributed by atoms with Gasteiger partial charge in [0.2, 0.25) is 0 Å². The number of piperidine rings is 1. The van der Waals surface area contributed by atoms with Gasteiger partial charge in [-0.3, -0.25) is 4.98 Å². The molecule has 7 heteroatoms. The highest BCUT2D eigenvalue weighted by Crippen LogP contribution is 2.38. The Labute approximate surface area is 182 Å². The molecule has 0 unspecified atom stereocenters. The maximum atomic E-state index is 11.4. The van der Waals surface area contributed by atoms with Crippen LogP contribution >= 0.6 is 0 Å². The number of hydrogen-bond donors (Lipinski definition) is 1. The van der Waals surface area contributed by atoms with E-state index in [4.69, 9.17) is 14.5 Å². The molecule has 0 amide bonds. The largest absolute Gasteiger partial charge is 0.497 e. The van der Waals surface area contributed by atoms with Crippen molar-refractivity contribution >= 4 is 5.82 Å². The van der Waals surface area contributed by atoms with Crippen LogP contribution in [0.5, 0.6) is 11.5 Å². The number of ether oxygens (including phenoxy) is 2. The summed E-state index contributed by atoms with van der Waals surface area (Å²) in [6.45, 7) is 3.44. The molecule has 1 fully saturated rings. The topological polar surface area (TPSA) is 80.6 Å². The van der Waals surface area contributed by atoms with E-state index in [1.54, 1.807) is 20.4 Å². The maximum Gasteiger partial charge on any atom is 0.180 e. The van der Waals surface area contributed by atoms with Crippen LogP contribution in [0.15, 0.2) is 48.7 Å². The van der Waals surface area contributed by atoms with Crippen molar-refractivity contribution in [2.75, 3.05) is 32.2 Å². The fourth-order valence-electron chi connectivity index (χ4n) is 3.91. The Kier molecular flexibility index (Phi) is 6.04. The number of rotatable bonds is 6. The number of aryl methyl sites for hydroxylation is 1. The number of anilines is 1. The highest BCUT2D eigenvalue weighted by atomic mass is 16.5. The molecule has 7 nitrogen and oxygen atoms in total. The number of methoxy groups -OCH3 is 2. The molecule has 0 spiro atoms. The minimum absolute atomic E-state index is 0.577. The van der Waals surface area contributed by atoms with Crippen LogP contribution in [-0.2, 0) is 12.0 Å². The van der Waals surface area contributed by atoms with Gasteiger partial charge in [0.05, 0.1) is 19.8 Å². The zero-order valence-corrected chi connectivity index (χ0v) is 18.2. The molecule has 1 saturated heterocycles. The molecule has 3 heterocycles. The summed E-state index contributed by atoms with van der Waals surface area (Å²) in [5.74, 6) is 2.85. The number of hydrogen-bond acceptors (Lipinski definition) is 7. The average molecular weight is 421 g/mol. The summed E-state index contributed by atoms with van der Waals surface area (Å²) in [6.07, 6.45) is 3.72. The lowest BCUT2D eigenvalue weighted by molar-refractivity contribution is 0.0113. The summed E-state index contributed by atoms with van der Waals surface area (Å²) in [5, 5.41) is 11.4. The number of benzene rings is 1. The molecule has 4 rings (SSSR count). The smallest absolute Gasteiger partial charge is 0.180 e. The second kappa shape index (κ2) is 8.89. The normalized spacial score (nSPS) is 15.5. The summed E-state index contributed by atoms with van der Waals surface area (Å²) in [5.41, 5.74) is 1.61. The van der Waals surface area contributed by atoms with E-state index in [1.807, 2.05) is 42.5 Å². The van der Waals surface area contributed by atoms with Crippen molar-refractivity contribution < 1.29 is 14.6 Å². The van der Waals surface area contributed by atoms with E-state index in [2.05, 4.69) is 21.8 Å². The first-order chi connectivity index (χ1) is 15.0. The molecule has 2 aromatic heterocycles. The standard InChI is InChI=1S/C24H28N4O3/c1-4-18-15-22(27-23(26-18)21-7-5-6-10-25-21)28-11-8-24(29,9-12-28)17-13-19(30-2)16-20(14-17)31-3/h5-7,10,13-16,29H,4,8-9,11-12H2,1-3H3. The van der Waals surface area contributed by atoms with Gasteiger partial charge in [0.1, 0.15) is 23.0 Å². The van der Waals surface area contributed by atoms with E-state index in [9.17, 15) is 5.11 Å². The maximum absolute atomic E-state index is 11.4. The van der Waals surface area contributed by atoms with Crippen LogP contribution in [0.1, 0.15) is 31.0 Å². The zero-order valence-electron chi connectivity index (χ0n) is 18.2. The zero-order chi connectivity index (χ0) is 21.8. The quantitative estimate of drug-likeness (QED) is 0.652. The van der Waals surface area contributed by atoms with E-state index in [0.29, 0.717) is 43.3 Å². The first-order valence-electron chi connectivity index (χ1n) is 10.5. The third-order valence-corrected chi connectivity index (χ3v) is 5.83. The Morgan fingerprint density at radius 2 is 1.71 bits per heavy atom. The van der Waals surface area contributed by atoms with Gasteiger partial charge in [-0.05, 0) is 49.1 Å². The Morgan fingerprint density at radius 1 is 1.00 bits per heavy atom. The van der Waals surface area contributed by atoms with Crippen molar-refractivity contribution in [1.29, 1.82) is 0 Å². The van der Waals surface area contributed by atoms with Gasteiger partial charge in [0.15, 0.2) is 5.82 Å². The predicted molar refractivity (Wildman–Crippen MR) is 120 cm³/mol. The summed E-state index contributed by atoms with van der Waals surface area (Å²) in [4.78, 5) is 16.0. The molecular formula is C24H28N4O3. The highest BCUT2D eigenvalue weighted by Gasteiger charge is 2.35. The first kappa shape index (κ1) is 21.1. The number of nitrogens with zero attached hydrogens (tertiary/aromatic N) is 4. The first-order valence-corrected chi connectivity index (χ1v) is 10.5. The third-order valence-electron chi connectivity index (χ3n) is 5.83. The van der Waals surface area contributed by atoms with Gasteiger partial charge in [-0.2, -0.15) is 0 Å². The van der Waals surface area contributed by atoms with Crippen LogP contribution in [0.3, 0.4) is 0 Å². The summed E-state index contributed by atoms with van der Waals surface area (Å²) in [7, 11) is 3.23. The molecule has 1 aromatic carbocycles. The van der Waals surface area contributed by atoms with Crippen molar-refractivity contribution in [3.63, 3.8) is 0 Å². The number of pyridine rings is 1.